The van der Waals surface area contributed by atoms with Gasteiger partial charge in [0, 0.05) is 17.8 Å². The van der Waals surface area contributed by atoms with Gasteiger partial charge >= 0.3 is 6.03 Å². The second-order valence-corrected chi connectivity index (χ2v) is 9.04. The first-order chi connectivity index (χ1) is 14.1. The van der Waals surface area contributed by atoms with E-state index in [0.29, 0.717) is 29.8 Å². The molecule has 1 aliphatic carbocycles. The molecule has 0 aliphatic heterocycles. The first-order valence-electron chi connectivity index (χ1n) is 9.00. The van der Waals surface area contributed by atoms with E-state index in [1.165, 1.54) is 24.4 Å². The number of nitrogen functional groups attached to an aromatic ring is 1. The Hall–Kier alpha value is -3.47. The van der Waals surface area contributed by atoms with Gasteiger partial charge in [-0.1, -0.05) is 17.8 Å². The first kappa shape index (κ1) is 21.2. The third-order valence-corrected chi connectivity index (χ3v) is 7.51. The smallest absolute Gasteiger partial charge is 0.316 e. The minimum Gasteiger partial charge on any atom is -0.384 e. The van der Waals surface area contributed by atoms with Gasteiger partial charge in [-0.3, -0.25) is 0 Å². The standard InChI is InChI=1S/C19H22N6O4S/c1-4-13(6-5-9-22-18(21)26)17-23-14(10-15(20)24-17)19(7-8-19)30(27,28)16-11(2)25-29-12(16)3/h4-6,9-10H,1,7-8H2,2-3H3,(H2,20,23,24)(H3,21,22,26)/b9-5+,13-6+. The summed E-state index contributed by atoms with van der Waals surface area (Å²) in [7, 11) is -3.82. The van der Waals surface area contributed by atoms with Crippen LogP contribution in [-0.4, -0.2) is 29.6 Å². The SMILES string of the molecule is C=C/C(=C\C=C\NC(N)=O)c1nc(N)cc(C2(S(=O)(=O)c3c(C)noc3C)CC2)n1. The highest BCUT2D eigenvalue weighted by molar-refractivity contribution is 7.92. The quantitative estimate of drug-likeness (QED) is 0.560. The zero-order valence-corrected chi connectivity index (χ0v) is 17.4. The van der Waals surface area contributed by atoms with E-state index >= 15 is 0 Å². The summed E-state index contributed by atoms with van der Waals surface area (Å²) in [4.78, 5) is 19.5. The molecule has 0 spiro atoms. The Balaban J connectivity index is 2.05. The molecule has 0 radical (unpaired) electrons. The molecule has 11 heteroatoms. The van der Waals surface area contributed by atoms with Crippen LogP contribution in [0.15, 0.2) is 46.5 Å². The Morgan fingerprint density at radius 2 is 2.03 bits per heavy atom. The molecule has 0 aromatic carbocycles. The molecule has 158 valence electrons. The lowest BCUT2D eigenvalue weighted by Gasteiger charge is -2.17. The largest absolute Gasteiger partial charge is 0.384 e. The van der Waals surface area contributed by atoms with Crippen LogP contribution in [0.25, 0.3) is 5.57 Å². The monoisotopic (exact) mass is 430 g/mol. The zero-order chi connectivity index (χ0) is 22.1. The number of urea groups is 1. The summed E-state index contributed by atoms with van der Waals surface area (Å²) in [6.45, 7) is 6.88. The van der Waals surface area contributed by atoms with Crippen LogP contribution in [0, 0.1) is 13.8 Å². The third-order valence-electron chi connectivity index (χ3n) is 4.74. The number of carbonyl (C=O) groups excluding carboxylic acids is 1. The molecule has 1 saturated carbocycles. The Morgan fingerprint density at radius 3 is 2.57 bits per heavy atom. The van der Waals surface area contributed by atoms with E-state index in [0.717, 1.165) is 0 Å². The fraction of sp³-hybridized carbons (Fsp3) is 0.263. The van der Waals surface area contributed by atoms with Crippen molar-refractivity contribution in [1.29, 1.82) is 0 Å². The Kier molecular flexibility index (Phi) is 5.49. The van der Waals surface area contributed by atoms with Crippen molar-refractivity contribution in [1.82, 2.24) is 20.4 Å². The number of sulfone groups is 1. The van der Waals surface area contributed by atoms with Gasteiger partial charge in [-0.2, -0.15) is 0 Å². The lowest BCUT2D eigenvalue weighted by molar-refractivity contribution is 0.252. The molecule has 2 aromatic heterocycles. The predicted octanol–water partition coefficient (Wildman–Crippen LogP) is 1.88. The summed E-state index contributed by atoms with van der Waals surface area (Å²) in [5, 5.41) is 6.07. The van der Waals surface area contributed by atoms with Gasteiger partial charge in [-0.15, -0.1) is 0 Å². The van der Waals surface area contributed by atoms with E-state index in [2.05, 4.69) is 27.0 Å². The van der Waals surface area contributed by atoms with E-state index in [-0.39, 0.29) is 22.3 Å². The Bertz CT molecular complexity index is 1160. The van der Waals surface area contributed by atoms with Crippen LogP contribution in [0.2, 0.25) is 0 Å². The van der Waals surface area contributed by atoms with Crippen molar-refractivity contribution in [3.8, 4) is 0 Å². The number of nitrogens with zero attached hydrogens (tertiary/aromatic N) is 3. The van der Waals surface area contributed by atoms with E-state index in [1.54, 1.807) is 19.9 Å². The van der Waals surface area contributed by atoms with Crippen LogP contribution < -0.4 is 16.8 Å². The zero-order valence-electron chi connectivity index (χ0n) is 16.5. The molecule has 0 bridgehead atoms. The summed E-state index contributed by atoms with van der Waals surface area (Å²) in [6.07, 6.45) is 6.72. The van der Waals surface area contributed by atoms with E-state index in [9.17, 15) is 13.2 Å². The molecular formula is C19H22N6O4S. The average molecular weight is 430 g/mol. The van der Waals surface area contributed by atoms with Gasteiger partial charge in [0.15, 0.2) is 21.4 Å². The first-order valence-corrected chi connectivity index (χ1v) is 10.5. The highest BCUT2D eigenvalue weighted by Crippen LogP contribution is 2.55. The molecule has 0 unspecified atom stereocenters. The number of aryl methyl sites for hydroxylation is 2. The number of anilines is 1. The Labute approximate surface area is 173 Å². The number of hydrogen-bond donors (Lipinski definition) is 3. The lowest BCUT2D eigenvalue weighted by Crippen LogP contribution is -2.24. The van der Waals surface area contributed by atoms with Crippen LogP contribution in [0.4, 0.5) is 10.6 Å². The van der Waals surface area contributed by atoms with Crippen molar-refractivity contribution in [2.45, 2.75) is 36.3 Å². The Morgan fingerprint density at radius 1 is 1.33 bits per heavy atom. The van der Waals surface area contributed by atoms with Gasteiger partial charge in [-0.05, 0) is 38.8 Å². The van der Waals surface area contributed by atoms with Crippen molar-refractivity contribution >= 4 is 27.3 Å². The minimum atomic E-state index is -3.82. The maximum Gasteiger partial charge on any atom is 0.316 e. The normalized spacial score (nSPS) is 15.9. The number of amides is 2. The summed E-state index contributed by atoms with van der Waals surface area (Å²) in [6, 6.07) is 0.764. The maximum absolute atomic E-state index is 13.5. The number of aromatic nitrogens is 3. The predicted molar refractivity (Wildman–Crippen MR) is 111 cm³/mol. The second kappa shape index (κ2) is 7.75. The molecule has 30 heavy (non-hydrogen) atoms. The highest BCUT2D eigenvalue weighted by atomic mass is 32.2. The van der Waals surface area contributed by atoms with Crippen molar-refractivity contribution < 1.29 is 17.7 Å². The van der Waals surface area contributed by atoms with E-state index in [4.69, 9.17) is 16.0 Å². The number of nitrogens with two attached hydrogens (primary N) is 2. The number of carbonyl (C=O) groups is 1. The molecule has 2 heterocycles. The average Bonchev–Trinajstić information content (AvgIpc) is 3.42. The van der Waals surface area contributed by atoms with E-state index in [1.807, 2.05) is 0 Å². The van der Waals surface area contributed by atoms with E-state index < -0.39 is 20.6 Å². The van der Waals surface area contributed by atoms with Gasteiger partial charge in [0.2, 0.25) is 0 Å². The van der Waals surface area contributed by atoms with Gasteiger partial charge in [0.1, 0.15) is 15.5 Å². The molecule has 10 nitrogen and oxygen atoms in total. The molecule has 2 aromatic rings. The summed E-state index contributed by atoms with van der Waals surface area (Å²) < 4.78 is 30.8. The minimum absolute atomic E-state index is 0.0821. The van der Waals surface area contributed by atoms with Gasteiger partial charge in [0.25, 0.3) is 0 Å². The number of nitrogens with one attached hydrogen (secondary N) is 1. The molecule has 1 fully saturated rings. The van der Waals surface area contributed by atoms with Crippen molar-refractivity contribution in [2.24, 2.45) is 5.73 Å². The summed E-state index contributed by atoms with van der Waals surface area (Å²) in [5.41, 5.74) is 12.1. The van der Waals surface area contributed by atoms with Crippen LogP contribution in [0.3, 0.4) is 0 Å². The van der Waals surface area contributed by atoms with Gasteiger partial charge in [-0.25, -0.2) is 23.2 Å². The van der Waals surface area contributed by atoms with Crippen LogP contribution in [0.1, 0.15) is 35.8 Å². The molecule has 0 atom stereocenters. The number of allylic oxidation sites excluding steroid dienone is 4. The van der Waals surface area contributed by atoms with Crippen molar-refractivity contribution in [3.05, 3.63) is 60.0 Å². The molecular weight excluding hydrogens is 408 g/mol. The topological polar surface area (TPSA) is 167 Å². The number of primary amides is 1. The highest BCUT2D eigenvalue weighted by Gasteiger charge is 2.59. The third kappa shape index (κ3) is 3.71. The summed E-state index contributed by atoms with van der Waals surface area (Å²) >= 11 is 0. The van der Waals surface area contributed by atoms with Gasteiger partial charge in [0.05, 0.1) is 11.4 Å². The van der Waals surface area contributed by atoms with Crippen LogP contribution in [0.5, 0.6) is 0 Å². The lowest BCUT2D eigenvalue weighted by atomic mass is 10.2. The van der Waals surface area contributed by atoms with Crippen molar-refractivity contribution in [3.63, 3.8) is 0 Å². The number of hydrogen-bond acceptors (Lipinski definition) is 8. The molecule has 0 saturated heterocycles. The van der Waals surface area contributed by atoms with Crippen LogP contribution >= 0.6 is 0 Å². The fourth-order valence-electron chi connectivity index (χ4n) is 3.17. The molecule has 3 rings (SSSR count). The fourth-order valence-corrected chi connectivity index (χ4v) is 5.43. The van der Waals surface area contributed by atoms with Crippen molar-refractivity contribution in [2.75, 3.05) is 5.73 Å². The molecule has 5 N–H and O–H groups in total. The second-order valence-electron chi connectivity index (χ2n) is 6.85. The maximum atomic E-state index is 13.5. The molecule has 2 amide bonds. The van der Waals surface area contributed by atoms with Gasteiger partial charge < -0.3 is 21.3 Å². The summed E-state index contributed by atoms with van der Waals surface area (Å²) in [5.74, 6) is 0.575. The molecule has 1 aliphatic rings. The van der Waals surface area contributed by atoms with Crippen LogP contribution in [-0.2, 0) is 14.6 Å². The number of rotatable bonds is 7.